The molecule has 170 valence electrons. The van der Waals surface area contributed by atoms with E-state index >= 15 is 0 Å². The number of likely N-dealkylation sites (tertiary alicyclic amines) is 1. The molecule has 3 aliphatic rings. The summed E-state index contributed by atoms with van der Waals surface area (Å²) < 4.78 is 43.1. The van der Waals surface area contributed by atoms with Gasteiger partial charge in [-0.3, -0.25) is 14.9 Å². The zero-order valence-corrected chi connectivity index (χ0v) is 17.9. The van der Waals surface area contributed by atoms with Crippen molar-refractivity contribution >= 4 is 0 Å². The lowest BCUT2D eigenvalue weighted by atomic mass is 9.80. The first-order valence-corrected chi connectivity index (χ1v) is 11.2. The number of piperidine rings is 1. The van der Waals surface area contributed by atoms with Crippen molar-refractivity contribution in [1.82, 2.24) is 20.0 Å². The summed E-state index contributed by atoms with van der Waals surface area (Å²) in [5.41, 5.74) is 9.57. The van der Waals surface area contributed by atoms with Crippen LogP contribution in [0.1, 0.15) is 29.7 Å². The maximum Gasteiger partial charge on any atom is 0.126 e. The number of nitrogens with two attached hydrogens (primary N) is 1. The Morgan fingerprint density at radius 3 is 2.78 bits per heavy atom. The van der Waals surface area contributed by atoms with Gasteiger partial charge in [0.05, 0.1) is 11.9 Å². The van der Waals surface area contributed by atoms with Gasteiger partial charge < -0.3 is 5.73 Å². The standard InChI is InChI=1S/C24H28F3N5/c25-17-5-6-21(27)19(9-17)24-22(28)10-18(32-12-16-11-29-30-23(16)14-32)13-31(24)8-7-15-3-1-2-4-20(15)26/h1-6,11,18-19,22,24H,7-10,12-14,28H2,(H,29,30)/t18?,19?,22?,24-/m1/s1. The highest BCUT2D eigenvalue weighted by Crippen LogP contribution is 2.37. The van der Waals surface area contributed by atoms with Gasteiger partial charge in [-0.1, -0.05) is 18.2 Å². The van der Waals surface area contributed by atoms with Gasteiger partial charge in [0.1, 0.15) is 17.5 Å². The number of nitrogens with zero attached hydrogens (tertiary/aromatic N) is 3. The first-order valence-electron chi connectivity index (χ1n) is 11.2. The lowest BCUT2D eigenvalue weighted by Gasteiger charge is -2.49. The third kappa shape index (κ3) is 4.14. The van der Waals surface area contributed by atoms with Crippen LogP contribution in [0.5, 0.6) is 0 Å². The second kappa shape index (κ2) is 8.84. The van der Waals surface area contributed by atoms with Crippen molar-refractivity contribution < 1.29 is 13.2 Å². The predicted molar refractivity (Wildman–Crippen MR) is 116 cm³/mol. The summed E-state index contributed by atoms with van der Waals surface area (Å²) in [4.78, 5) is 4.52. The number of nitrogens with one attached hydrogen (secondary N) is 1. The molecule has 3 heterocycles. The molecule has 4 atom stereocenters. The molecule has 3 unspecified atom stereocenters. The van der Waals surface area contributed by atoms with Gasteiger partial charge >= 0.3 is 0 Å². The second-order valence-electron chi connectivity index (χ2n) is 9.13. The summed E-state index contributed by atoms with van der Waals surface area (Å²) in [5.74, 6) is -1.52. The molecule has 3 N–H and O–H groups in total. The minimum Gasteiger partial charge on any atom is -0.326 e. The van der Waals surface area contributed by atoms with E-state index in [1.807, 2.05) is 12.3 Å². The molecule has 1 aromatic carbocycles. The Morgan fingerprint density at radius 1 is 1.12 bits per heavy atom. The number of aromatic amines is 1. The van der Waals surface area contributed by atoms with E-state index in [2.05, 4.69) is 20.0 Å². The van der Waals surface area contributed by atoms with E-state index in [1.165, 1.54) is 23.8 Å². The van der Waals surface area contributed by atoms with E-state index in [-0.39, 0.29) is 42.0 Å². The predicted octanol–water partition coefficient (Wildman–Crippen LogP) is 3.60. The average Bonchev–Trinajstić information content (AvgIpc) is 3.37. The van der Waals surface area contributed by atoms with Crippen molar-refractivity contribution in [2.75, 3.05) is 13.1 Å². The molecule has 5 nitrogen and oxygen atoms in total. The van der Waals surface area contributed by atoms with Crippen LogP contribution in [-0.2, 0) is 19.5 Å². The Hall–Kier alpha value is -2.42. The Labute approximate surface area is 185 Å². The zero-order valence-electron chi connectivity index (χ0n) is 17.9. The van der Waals surface area contributed by atoms with Crippen molar-refractivity contribution in [3.05, 3.63) is 76.9 Å². The molecular weight excluding hydrogens is 415 g/mol. The van der Waals surface area contributed by atoms with Gasteiger partial charge in [0.25, 0.3) is 0 Å². The van der Waals surface area contributed by atoms with Crippen molar-refractivity contribution in [1.29, 1.82) is 0 Å². The molecule has 8 heteroatoms. The van der Waals surface area contributed by atoms with E-state index in [9.17, 15) is 13.2 Å². The summed E-state index contributed by atoms with van der Waals surface area (Å²) in [5, 5.41) is 7.15. The number of halogens is 3. The lowest BCUT2D eigenvalue weighted by Crippen LogP contribution is -2.62. The summed E-state index contributed by atoms with van der Waals surface area (Å²) in [6, 6.07) is 6.23. The normalized spacial score (nSPS) is 29.0. The van der Waals surface area contributed by atoms with Crippen molar-refractivity contribution in [2.45, 2.75) is 50.5 Å². The minimum atomic E-state index is -0.618. The highest BCUT2D eigenvalue weighted by atomic mass is 19.1. The number of hydrogen-bond acceptors (Lipinski definition) is 4. The molecule has 5 rings (SSSR count). The molecule has 2 aliphatic heterocycles. The van der Waals surface area contributed by atoms with Crippen molar-refractivity contribution in [3.63, 3.8) is 0 Å². The fraction of sp³-hybridized carbons (Fsp3) is 0.458. The number of aromatic nitrogens is 2. The van der Waals surface area contributed by atoms with E-state index in [0.717, 1.165) is 18.8 Å². The first kappa shape index (κ1) is 21.4. The fourth-order valence-electron chi connectivity index (χ4n) is 5.51. The van der Waals surface area contributed by atoms with Gasteiger partial charge in [0.2, 0.25) is 0 Å². The molecule has 1 aromatic heterocycles. The van der Waals surface area contributed by atoms with Crippen LogP contribution in [0.3, 0.4) is 0 Å². The highest BCUT2D eigenvalue weighted by Gasteiger charge is 2.43. The molecule has 1 aliphatic carbocycles. The number of allylic oxidation sites excluding steroid dienone is 3. The van der Waals surface area contributed by atoms with Gasteiger partial charge in [-0.05, 0) is 36.6 Å². The molecule has 0 spiro atoms. The van der Waals surface area contributed by atoms with Crippen molar-refractivity contribution in [2.24, 2.45) is 11.7 Å². The maximum absolute atomic E-state index is 14.8. The second-order valence-corrected chi connectivity index (χ2v) is 9.13. The third-order valence-electron chi connectivity index (χ3n) is 7.14. The summed E-state index contributed by atoms with van der Waals surface area (Å²) >= 11 is 0. The number of rotatable bonds is 5. The van der Waals surface area contributed by atoms with Crippen LogP contribution in [0, 0.1) is 11.7 Å². The smallest absolute Gasteiger partial charge is 0.126 e. The fourth-order valence-corrected chi connectivity index (χ4v) is 5.51. The Balaban J connectivity index is 1.37. The molecule has 0 amide bonds. The number of hydrogen-bond donors (Lipinski definition) is 2. The van der Waals surface area contributed by atoms with Crippen LogP contribution in [0.2, 0.25) is 0 Å². The molecule has 1 fully saturated rings. The van der Waals surface area contributed by atoms with Gasteiger partial charge in [0.15, 0.2) is 0 Å². The van der Waals surface area contributed by atoms with E-state index in [0.29, 0.717) is 31.5 Å². The quantitative estimate of drug-likeness (QED) is 0.741. The molecule has 0 saturated carbocycles. The molecule has 2 aromatic rings. The zero-order chi connectivity index (χ0) is 22.2. The molecule has 0 bridgehead atoms. The van der Waals surface area contributed by atoms with E-state index < -0.39 is 5.92 Å². The molecule has 1 saturated heterocycles. The van der Waals surface area contributed by atoms with Gasteiger partial charge in [0, 0.05) is 62.2 Å². The highest BCUT2D eigenvalue weighted by molar-refractivity contribution is 5.24. The van der Waals surface area contributed by atoms with Gasteiger partial charge in [-0.2, -0.15) is 5.10 Å². The van der Waals surface area contributed by atoms with Gasteiger partial charge in [-0.15, -0.1) is 0 Å². The van der Waals surface area contributed by atoms with Crippen LogP contribution < -0.4 is 5.73 Å². The molecule has 0 radical (unpaired) electrons. The van der Waals surface area contributed by atoms with E-state index in [1.54, 1.807) is 12.1 Å². The largest absolute Gasteiger partial charge is 0.326 e. The molecular formula is C24H28F3N5. The summed E-state index contributed by atoms with van der Waals surface area (Å²) in [7, 11) is 0. The Bertz CT molecular complexity index is 1010. The minimum absolute atomic E-state index is 0.0154. The Kier molecular flexibility index (Phi) is 5.92. The average molecular weight is 444 g/mol. The monoisotopic (exact) mass is 443 g/mol. The van der Waals surface area contributed by atoms with Crippen LogP contribution in [-0.4, -0.2) is 51.2 Å². The topological polar surface area (TPSA) is 61.2 Å². The third-order valence-corrected chi connectivity index (χ3v) is 7.14. The van der Waals surface area contributed by atoms with Crippen molar-refractivity contribution in [3.8, 4) is 0 Å². The van der Waals surface area contributed by atoms with E-state index in [4.69, 9.17) is 5.73 Å². The molecule has 32 heavy (non-hydrogen) atoms. The summed E-state index contributed by atoms with van der Waals surface area (Å²) in [6.45, 7) is 2.78. The first-order chi connectivity index (χ1) is 15.5. The summed E-state index contributed by atoms with van der Waals surface area (Å²) in [6.07, 6.45) is 5.47. The number of H-pyrrole nitrogens is 1. The van der Waals surface area contributed by atoms with Gasteiger partial charge in [-0.25, -0.2) is 13.2 Å². The Morgan fingerprint density at radius 2 is 1.97 bits per heavy atom. The lowest BCUT2D eigenvalue weighted by molar-refractivity contribution is 0.0205. The van der Waals surface area contributed by atoms with Crippen LogP contribution >= 0.6 is 0 Å². The number of fused-ring (bicyclic) bond motifs is 1. The SMILES string of the molecule is NC1CC(N2Cc3cn[nH]c3C2)CN(CCc2ccccc2F)[C@@H]1C1CC(F)=CC=C1F. The maximum atomic E-state index is 14.8. The van der Waals surface area contributed by atoms with Crippen LogP contribution in [0.25, 0.3) is 0 Å². The number of benzene rings is 1. The van der Waals surface area contributed by atoms with Crippen LogP contribution in [0.4, 0.5) is 13.2 Å². The van der Waals surface area contributed by atoms with Crippen LogP contribution in [0.15, 0.2) is 54.3 Å².